The van der Waals surface area contributed by atoms with Crippen molar-refractivity contribution >= 4 is 51.7 Å². The van der Waals surface area contributed by atoms with Crippen molar-refractivity contribution in [2.45, 2.75) is 0 Å². The fraction of sp³-hybridized carbons (Fsp3) is 0.238. The van der Waals surface area contributed by atoms with E-state index in [1.165, 1.54) is 11.8 Å². The molecule has 5 heterocycles. The number of hydrogen-bond donors (Lipinski definition) is 1. The van der Waals surface area contributed by atoms with Gasteiger partial charge < -0.3 is 15.1 Å². The number of carbonyl (C=O) groups is 1. The predicted molar refractivity (Wildman–Crippen MR) is 124 cm³/mol. The first-order valence-electron chi connectivity index (χ1n) is 9.69. The average Bonchev–Trinajstić information content (AvgIpc) is 3.31. The Balaban J connectivity index is 1.44. The molecule has 0 atom stereocenters. The van der Waals surface area contributed by atoms with Crippen molar-refractivity contribution in [3.8, 4) is 11.3 Å². The Morgan fingerprint density at radius 3 is 2.63 bits per heavy atom. The number of thioether (sulfide) groups is 1. The van der Waals surface area contributed by atoms with Gasteiger partial charge in [-0.2, -0.15) is 0 Å². The first-order valence-corrected chi connectivity index (χ1v) is 10.9. The fourth-order valence-electron chi connectivity index (χ4n) is 3.63. The van der Waals surface area contributed by atoms with Gasteiger partial charge in [0.1, 0.15) is 15.8 Å². The standard InChI is InChI=1S/C21H20N6OS2/c1-25-6-8-26(9-7-25)18-5-3-15(11-22-18)16-12-23-19-4-2-14(13-27(16)19)10-17-20(28)24-21(29)30-17/h2-5,10-13H,6-9H2,1H3,(H,24,28,29)/b17-10-. The van der Waals surface area contributed by atoms with Crippen LogP contribution < -0.4 is 10.2 Å². The number of anilines is 1. The molecule has 2 aliphatic heterocycles. The normalized spacial score (nSPS) is 19.1. The lowest BCUT2D eigenvalue weighted by Crippen LogP contribution is -2.44. The number of imidazole rings is 1. The fourth-order valence-corrected chi connectivity index (χ4v) is 4.67. The smallest absolute Gasteiger partial charge is 0.263 e. The van der Waals surface area contributed by atoms with Crippen molar-refractivity contribution < 1.29 is 4.79 Å². The molecule has 152 valence electrons. The Labute approximate surface area is 183 Å². The molecule has 0 aromatic carbocycles. The molecule has 30 heavy (non-hydrogen) atoms. The van der Waals surface area contributed by atoms with Gasteiger partial charge in [0.05, 0.1) is 16.8 Å². The summed E-state index contributed by atoms with van der Waals surface area (Å²) in [6, 6.07) is 8.06. The zero-order chi connectivity index (χ0) is 20.7. The quantitative estimate of drug-likeness (QED) is 0.500. The SMILES string of the molecule is CN1CCN(c2ccc(-c3cnc4ccc(/C=C5\SC(=S)NC5=O)cn34)cn2)CC1. The van der Waals surface area contributed by atoms with Crippen molar-refractivity contribution in [2.24, 2.45) is 0 Å². The molecule has 9 heteroatoms. The highest BCUT2D eigenvalue weighted by atomic mass is 32.2. The minimum Gasteiger partial charge on any atom is -0.354 e. The number of hydrogen-bond acceptors (Lipinski definition) is 7. The van der Waals surface area contributed by atoms with Gasteiger partial charge in [-0.25, -0.2) is 9.97 Å². The Kier molecular flexibility index (Phi) is 5.01. The summed E-state index contributed by atoms with van der Waals surface area (Å²) in [6.07, 6.45) is 7.58. The van der Waals surface area contributed by atoms with Crippen LogP contribution in [0, 0.1) is 0 Å². The lowest BCUT2D eigenvalue weighted by molar-refractivity contribution is -0.115. The van der Waals surface area contributed by atoms with E-state index in [1.807, 2.05) is 41.2 Å². The summed E-state index contributed by atoms with van der Waals surface area (Å²) in [5.41, 5.74) is 3.71. The van der Waals surface area contributed by atoms with Crippen LogP contribution in [0.4, 0.5) is 5.82 Å². The third-order valence-electron chi connectivity index (χ3n) is 5.34. The number of fused-ring (bicyclic) bond motifs is 1. The van der Waals surface area contributed by atoms with E-state index < -0.39 is 0 Å². The summed E-state index contributed by atoms with van der Waals surface area (Å²) in [4.78, 5) is 26.4. The molecule has 0 aliphatic carbocycles. The number of thiocarbonyl (C=S) groups is 1. The van der Waals surface area contributed by atoms with E-state index in [0.717, 1.165) is 54.5 Å². The number of carbonyl (C=O) groups excluding carboxylic acids is 1. The van der Waals surface area contributed by atoms with Crippen LogP contribution in [-0.4, -0.2) is 62.7 Å². The van der Waals surface area contributed by atoms with Gasteiger partial charge in [-0.05, 0) is 43.0 Å². The minimum absolute atomic E-state index is 0.153. The molecule has 3 aromatic rings. The first kappa shape index (κ1) is 19.2. The van der Waals surface area contributed by atoms with Crippen LogP contribution in [0.15, 0.2) is 47.8 Å². The maximum atomic E-state index is 11.9. The van der Waals surface area contributed by atoms with Gasteiger partial charge in [-0.3, -0.25) is 9.20 Å². The van der Waals surface area contributed by atoms with Crippen molar-refractivity contribution in [1.29, 1.82) is 0 Å². The molecule has 0 saturated carbocycles. The molecule has 1 N–H and O–H groups in total. The molecular formula is C21H20N6OS2. The number of pyridine rings is 2. The van der Waals surface area contributed by atoms with Crippen LogP contribution >= 0.6 is 24.0 Å². The lowest BCUT2D eigenvalue weighted by Gasteiger charge is -2.33. The highest BCUT2D eigenvalue weighted by molar-refractivity contribution is 8.26. The maximum absolute atomic E-state index is 11.9. The van der Waals surface area contributed by atoms with Gasteiger partial charge in [-0.15, -0.1) is 0 Å². The Morgan fingerprint density at radius 1 is 1.10 bits per heavy atom. The Bertz CT molecular complexity index is 1160. The van der Waals surface area contributed by atoms with E-state index in [0.29, 0.717) is 9.23 Å². The second kappa shape index (κ2) is 7.82. The summed E-state index contributed by atoms with van der Waals surface area (Å²) >= 11 is 6.34. The van der Waals surface area contributed by atoms with Crippen molar-refractivity contribution in [3.63, 3.8) is 0 Å². The number of amides is 1. The molecule has 7 nitrogen and oxygen atoms in total. The van der Waals surface area contributed by atoms with Gasteiger partial charge >= 0.3 is 0 Å². The Hall–Kier alpha value is -2.75. The summed E-state index contributed by atoms with van der Waals surface area (Å²) in [5.74, 6) is 0.853. The second-order valence-corrected chi connectivity index (χ2v) is 9.10. The minimum atomic E-state index is -0.153. The predicted octanol–water partition coefficient (Wildman–Crippen LogP) is 2.64. The average molecular weight is 437 g/mol. The van der Waals surface area contributed by atoms with Crippen LogP contribution in [0.5, 0.6) is 0 Å². The molecule has 0 spiro atoms. The lowest BCUT2D eigenvalue weighted by atomic mass is 10.2. The molecular weight excluding hydrogens is 416 g/mol. The summed E-state index contributed by atoms with van der Waals surface area (Å²) < 4.78 is 2.51. The van der Waals surface area contributed by atoms with E-state index in [9.17, 15) is 4.79 Å². The molecule has 0 bridgehead atoms. The molecule has 2 fully saturated rings. The third-order valence-corrected chi connectivity index (χ3v) is 6.50. The Morgan fingerprint density at radius 2 is 1.93 bits per heavy atom. The van der Waals surface area contributed by atoms with Crippen LogP contribution in [0.1, 0.15) is 5.56 Å². The van der Waals surface area contributed by atoms with Gasteiger partial charge in [0.15, 0.2) is 0 Å². The van der Waals surface area contributed by atoms with Crippen molar-refractivity contribution in [1.82, 2.24) is 24.6 Å². The second-order valence-electron chi connectivity index (χ2n) is 7.38. The van der Waals surface area contributed by atoms with Gasteiger partial charge in [0.2, 0.25) is 0 Å². The first-order chi connectivity index (χ1) is 14.6. The van der Waals surface area contributed by atoms with Gasteiger partial charge in [0.25, 0.3) is 5.91 Å². The largest absolute Gasteiger partial charge is 0.354 e. The highest BCUT2D eigenvalue weighted by Gasteiger charge is 2.22. The van der Waals surface area contributed by atoms with Crippen LogP contribution in [0.2, 0.25) is 0 Å². The third kappa shape index (κ3) is 3.71. The molecule has 5 rings (SSSR count). The summed E-state index contributed by atoms with van der Waals surface area (Å²) in [5, 5.41) is 2.64. The van der Waals surface area contributed by atoms with E-state index in [4.69, 9.17) is 17.2 Å². The summed E-state index contributed by atoms with van der Waals surface area (Å²) in [7, 11) is 2.15. The van der Waals surface area contributed by atoms with E-state index in [1.54, 1.807) is 0 Å². The molecule has 3 aromatic heterocycles. The number of aromatic nitrogens is 3. The molecule has 2 aliphatic rings. The van der Waals surface area contributed by atoms with Gasteiger partial charge in [-0.1, -0.05) is 24.0 Å². The van der Waals surface area contributed by atoms with Crippen molar-refractivity contribution in [3.05, 3.63) is 53.3 Å². The number of rotatable bonds is 3. The van der Waals surface area contributed by atoms with Crippen molar-refractivity contribution in [2.75, 3.05) is 38.1 Å². The molecule has 2 saturated heterocycles. The van der Waals surface area contributed by atoms with E-state index in [-0.39, 0.29) is 5.91 Å². The van der Waals surface area contributed by atoms with Crippen LogP contribution in [0.25, 0.3) is 23.0 Å². The van der Waals surface area contributed by atoms with E-state index >= 15 is 0 Å². The number of nitrogens with zero attached hydrogens (tertiary/aromatic N) is 5. The monoisotopic (exact) mass is 436 g/mol. The van der Waals surface area contributed by atoms with Crippen LogP contribution in [-0.2, 0) is 4.79 Å². The van der Waals surface area contributed by atoms with Crippen LogP contribution in [0.3, 0.4) is 0 Å². The van der Waals surface area contributed by atoms with Gasteiger partial charge in [0, 0.05) is 44.1 Å². The summed E-state index contributed by atoms with van der Waals surface area (Å²) in [6.45, 7) is 4.09. The molecule has 0 radical (unpaired) electrons. The molecule has 0 unspecified atom stereocenters. The zero-order valence-electron chi connectivity index (χ0n) is 16.4. The number of nitrogens with one attached hydrogen (secondary N) is 1. The zero-order valence-corrected chi connectivity index (χ0v) is 18.0. The van der Waals surface area contributed by atoms with E-state index in [2.05, 4.69) is 39.3 Å². The number of piperazine rings is 1. The maximum Gasteiger partial charge on any atom is 0.263 e. The number of likely N-dealkylation sites (N-methyl/N-ethyl adjacent to an activating group) is 1. The molecule has 1 amide bonds. The highest BCUT2D eigenvalue weighted by Crippen LogP contribution is 2.27. The topological polar surface area (TPSA) is 65.8 Å².